The molecule has 0 bridgehead atoms. The van der Waals surface area contributed by atoms with E-state index < -0.39 is 0 Å². The molecule has 0 spiro atoms. The number of hydrogen-bond donors (Lipinski definition) is 1. The summed E-state index contributed by atoms with van der Waals surface area (Å²) >= 11 is 3.19. The number of fused-ring (bicyclic) bond motifs is 1. The smallest absolute Gasteiger partial charge is 0.233 e. The first kappa shape index (κ1) is 16.5. The molecule has 1 aliphatic rings. The first-order valence-electron chi connectivity index (χ1n) is 8.41. The van der Waals surface area contributed by atoms with Crippen molar-refractivity contribution in [1.29, 1.82) is 0 Å². The molecule has 2 aromatic heterocycles. The van der Waals surface area contributed by atoms with Crippen molar-refractivity contribution in [2.24, 2.45) is 0 Å². The molecule has 1 N–H and O–H groups in total. The van der Waals surface area contributed by atoms with Crippen molar-refractivity contribution in [2.75, 3.05) is 0 Å². The Morgan fingerprint density at radius 3 is 2.76 bits per heavy atom. The fourth-order valence-corrected chi connectivity index (χ4v) is 4.72. The summed E-state index contributed by atoms with van der Waals surface area (Å²) in [4.78, 5) is 23.6. The van der Waals surface area contributed by atoms with Gasteiger partial charge in [0.1, 0.15) is 15.7 Å². The molecule has 0 radical (unpaired) electrons. The fourth-order valence-electron chi connectivity index (χ4n) is 2.60. The summed E-state index contributed by atoms with van der Waals surface area (Å²) < 4.78 is 0. The van der Waals surface area contributed by atoms with Crippen LogP contribution in [0, 0.1) is 6.92 Å². The van der Waals surface area contributed by atoms with Gasteiger partial charge in [-0.05, 0) is 38.3 Å². The Bertz CT molecular complexity index is 919. The molecule has 2 heterocycles. The van der Waals surface area contributed by atoms with Crippen molar-refractivity contribution >= 4 is 39.2 Å². The number of hydrogen-bond acceptors (Lipinski definition) is 5. The molecule has 1 aliphatic carbocycles. The molecule has 3 aromatic rings. The van der Waals surface area contributed by atoms with E-state index in [4.69, 9.17) is 0 Å². The number of rotatable bonds is 5. The average molecular weight is 370 g/mol. The lowest BCUT2D eigenvalue weighted by atomic mass is 10.2. The topological polar surface area (TPSA) is 54.9 Å². The molecule has 0 saturated heterocycles. The highest BCUT2D eigenvalue weighted by atomic mass is 32.2. The van der Waals surface area contributed by atoms with Crippen LogP contribution < -0.4 is 5.32 Å². The quantitative estimate of drug-likeness (QED) is 0.534. The van der Waals surface area contributed by atoms with Gasteiger partial charge in [-0.15, -0.1) is 11.3 Å². The van der Waals surface area contributed by atoms with Crippen molar-refractivity contribution in [2.45, 2.75) is 43.0 Å². The zero-order valence-electron chi connectivity index (χ0n) is 14.2. The van der Waals surface area contributed by atoms with E-state index in [0.29, 0.717) is 6.04 Å². The van der Waals surface area contributed by atoms with E-state index in [2.05, 4.69) is 33.5 Å². The Balaban J connectivity index is 1.65. The third-order valence-corrected chi connectivity index (χ3v) is 6.29. The number of thiophene rings is 1. The van der Waals surface area contributed by atoms with E-state index in [1.165, 1.54) is 22.2 Å². The highest BCUT2D eigenvalue weighted by molar-refractivity contribution is 8.00. The number of amides is 1. The molecular weight excluding hydrogens is 350 g/mol. The van der Waals surface area contributed by atoms with Crippen LogP contribution in [0.2, 0.25) is 0 Å². The van der Waals surface area contributed by atoms with Crippen LogP contribution in [0.25, 0.3) is 20.7 Å². The zero-order chi connectivity index (χ0) is 17.4. The predicted octanol–water partition coefficient (Wildman–Crippen LogP) is 4.43. The first-order chi connectivity index (χ1) is 12.1. The maximum Gasteiger partial charge on any atom is 0.233 e. The summed E-state index contributed by atoms with van der Waals surface area (Å²) in [5.74, 6) is 0.835. The van der Waals surface area contributed by atoms with Gasteiger partial charge in [-0.25, -0.2) is 9.97 Å². The molecule has 1 fully saturated rings. The molecule has 0 unspecified atom stereocenters. The lowest BCUT2D eigenvalue weighted by Gasteiger charge is -2.11. The van der Waals surface area contributed by atoms with Gasteiger partial charge in [0, 0.05) is 16.3 Å². The molecule has 128 valence electrons. The highest BCUT2D eigenvalue weighted by Gasteiger charge is 2.26. The van der Waals surface area contributed by atoms with Gasteiger partial charge >= 0.3 is 0 Å². The van der Waals surface area contributed by atoms with E-state index >= 15 is 0 Å². The third-order valence-electron chi connectivity index (χ3n) is 4.11. The van der Waals surface area contributed by atoms with Crippen LogP contribution in [0.1, 0.15) is 25.6 Å². The van der Waals surface area contributed by atoms with Crippen LogP contribution in [0.15, 0.2) is 41.4 Å². The average Bonchev–Trinajstić information content (AvgIpc) is 3.31. The molecule has 1 aromatic carbocycles. The number of aryl methyl sites for hydroxylation is 1. The summed E-state index contributed by atoms with van der Waals surface area (Å²) in [6.45, 7) is 3.84. The van der Waals surface area contributed by atoms with Crippen molar-refractivity contribution in [1.82, 2.24) is 15.3 Å². The van der Waals surface area contributed by atoms with E-state index in [1.54, 1.807) is 11.3 Å². The molecule has 1 atom stereocenters. The Hall–Kier alpha value is -1.92. The largest absolute Gasteiger partial charge is 0.352 e. The van der Waals surface area contributed by atoms with Crippen molar-refractivity contribution in [3.05, 3.63) is 42.2 Å². The number of thioether (sulfide) groups is 1. The van der Waals surface area contributed by atoms with E-state index in [-0.39, 0.29) is 11.2 Å². The summed E-state index contributed by atoms with van der Waals surface area (Å²) in [6, 6.07) is 12.8. The van der Waals surface area contributed by atoms with Crippen molar-refractivity contribution in [3.63, 3.8) is 0 Å². The lowest BCUT2D eigenvalue weighted by Crippen LogP contribution is -2.32. The van der Waals surface area contributed by atoms with Crippen molar-refractivity contribution < 1.29 is 4.79 Å². The molecule has 0 aliphatic heterocycles. The van der Waals surface area contributed by atoms with Crippen LogP contribution in [0.4, 0.5) is 0 Å². The second kappa shape index (κ2) is 6.77. The lowest BCUT2D eigenvalue weighted by molar-refractivity contribution is -0.120. The number of benzene rings is 1. The van der Waals surface area contributed by atoms with Gasteiger partial charge in [-0.1, -0.05) is 42.1 Å². The van der Waals surface area contributed by atoms with Crippen LogP contribution in [-0.2, 0) is 4.79 Å². The van der Waals surface area contributed by atoms with Gasteiger partial charge in [-0.3, -0.25) is 4.79 Å². The maximum absolute atomic E-state index is 12.3. The van der Waals surface area contributed by atoms with Crippen LogP contribution in [-0.4, -0.2) is 27.2 Å². The number of carbonyl (C=O) groups excluding carboxylic acids is 1. The first-order valence-corrected chi connectivity index (χ1v) is 10.1. The number of aromatic nitrogens is 2. The molecule has 1 saturated carbocycles. The van der Waals surface area contributed by atoms with Gasteiger partial charge in [0.05, 0.1) is 5.25 Å². The van der Waals surface area contributed by atoms with Crippen molar-refractivity contribution in [3.8, 4) is 10.4 Å². The monoisotopic (exact) mass is 369 g/mol. The number of nitrogens with zero attached hydrogens (tertiary/aromatic N) is 2. The second-order valence-corrected chi connectivity index (χ2v) is 8.67. The van der Waals surface area contributed by atoms with Gasteiger partial charge < -0.3 is 5.32 Å². The van der Waals surface area contributed by atoms with Crippen LogP contribution >= 0.6 is 23.1 Å². The van der Waals surface area contributed by atoms with Gasteiger partial charge in [0.15, 0.2) is 0 Å². The summed E-state index contributed by atoms with van der Waals surface area (Å²) in [5.41, 5.74) is 1.18. The number of carbonyl (C=O) groups is 1. The molecule has 25 heavy (non-hydrogen) atoms. The van der Waals surface area contributed by atoms with E-state index in [9.17, 15) is 4.79 Å². The second-order valence-electron chi connectivity index (χ2n) is 6.31. The third kappa shape index (κ3) is 3.70. The molecule has 4 rings (SSSR count). The van der Waals surface area contributed by atoms with Gasteiger partial charge in [0.2, 0.25) is 5.91 Å². The standard InChI is InChI=1S/C19H19N3OS2/c1-11(17(23)22-14-8-9-14)24-18-15-10-16(13-6-4-3-5-7-13)25-19(15)21-12(2)20-18/h3-7,10-11,14H,8-9H2,1-2H3,(H,22,23)/t11-/m1/s1. The summed E-state index contributed by atoms with van der Waals surface area (Å²) in [5, 5.41) is 4.82. The molecule has 1 amide bonds. The molecule has 6 heteroatoms. The van der Waals surface area contributed by atoms with Crippen LogP contribution in [0.5, 0.6) is 0 Å². The molecule has 4 nitrogen and oxygen atoms in total. The van der Waals surface area contributed by atoms with Gasteiger partial charge in [-0.2, -0.15) is 0 Å². The SMILES string of the molecule is Cc1nc(S[C@H](C)C(=O)NC2CC2)c2cc(-c3ccccc3)sc2n1. The Labute approximate surface area is 155 Å². The maximum atomic E-state index is 12.3. The Morgan fingerprint density at radius 1 is 1.28 bits per heavy atom. The summed E-state index contributed by atoms with van der Waals surface area (Å²) in [7, 11) is 0. The number of nitrogens with one attached hydrogen (secondary N) is 1. The zero-order valence-corrected chi connectivity index (χ0v) is 15.8. The Morgan fingerprint density at radius 2 is 2.04 bits per heavy atom. The Kier molecular flexibility index (Phi) is 4.48. The van der Waals surface area contributed by atoms with E-state index in [0.717, 1.165) is 33.9 Å². The minimum Gasteiger partial charge on any atom is -0.352 e. The van der Waals surface area contributed by atoms with E-state index in [1.807, 2.05) is 32.0 Å². The highest BCUT2D eigenvalue weighted by Crippen LogP contribution is 2.37. The minimum absolute atomic E-state index is 0.0930. The molecular formula is C19H19N3OS2. The van der Waals surface area contributed by atoms with Gasteiger partial charge in [0.25, 0.3) is 0 Å². The normalized spacial score (nSPS) is 15.3. The minimum atomic E-state index is -0.168. The fraction of sp³-hybridized carbons (Fsp3) is 0.316. The predicted molar refractivity (Wildman–Crippen MR) is 104 cm³/mol. The van der Waals surface area contributed by atoms with Crippen LogP contribution in [0.3, 0.4) is 0 Å². The summed E-state index contributed by atoms with van der Waals surface area (Å²) in [6.07, 6.45) is 2.20.